The van der Waals surface area contributed by atoms with E-state index < -0.39 is 0 Å². The second-order valence-corrected chi connectivity index (χ2v) is 6.55. The molecule has 0 amide bonds. The SMILES string of the molecule is Cl.Cn1c(=O)c2c(-c3ccccc3Br)n(CCCO)cc2n(C)c1=O. The van der Waals surface area contributed by atoms with E-state index in [9.17, 15) is 14.7 Å². The first-order chi connectivity index (χ1) is 11.5. The van der Waals surface area contributed by atoms with Crippen LogP contribution in [0.25, 0.3) is 22.2 Å². The molecule has 2 heterocycles. The summed E-state index contributed by atoms with van der Waals surface area (Å²) in [4.78, 5) is 25.0. The van der Waals surface area contributed by atoms with Gasteiger partial charge < -0.3 is 9.67 Å². The third-order valence-corrected chi connectivity index (χ3v) is 4.89. The monoisotopic (exact) mass is 427 g/mol. The predicted molar refractivity (Wildman–Crippen MR) is 105 cm³/mol. The summed E-state index contributed by atoms with van der Waals surface area (Å²) < 4.78 is 5.40. The lowest BCUT2D eigenvalue weighted by Crippen LogP contribution is -2.36. The van der Waals surface area contributed by atoms with Gasteiger partial charge in [0.2, 0.25) is 0 Å². The van der Waals surface area contributed by atoms with Crippen molar-refractivity contribution in [1.29, 1.82) is 0 Å². The highest BCUT2D eigenvalue weighted by atomic mass is 79.9. The Labute approximate surface area is 158 Å². The fourth-order valence-corrected chi connectivity index (χ4v) is 3.42. The second kappa shape index (κ2) is 7.59. The first-order valence-corrected chi connectivity index (χ1v) is 8.41. The minimum absolute atomic E-state index is 0. The number of aliphatic hydroxyl groups excluding tert-OH is 1. The number of aliphatic hydroxyl groups is 1. The van der Waals surface area contributed by atoms with Crippen molar-refractivity contribution in [3.8, 4) is 11.3 Å². The number of aromatic nitrogens is 3. The number of hydrogen-bond acceptors (Lipinski definition) is 3. The van der Waals surface area contributed by atoms with Crippen LogP contribution < -0.4 is 11.2 Å². The maximum Gasteiger partial charge on any atom is 0.330 e. The average Bonchev–Trinajstić information content (AvgIpc) is 2.96. The summed E-state index contributed by atoms with van der Waals surface area (Å²) in [5.41, 5.74) is 1.54. The van der Waals surface area contributed by atoms with Crippen LogP contribution in [-0.4, -0.2) is 25.4 Å². The molecule has 8 heteroatoms. The van der Waals surface area contributed by atoms with Crippen molar-refractivity contribution in [2.75, 3.05) is 6.61 Å². The van der Waals surface area contributed by atoms with E-state index in [-0.39, 0.29) is 30.3 Å². The van der Waals surface area contributed by atoms with Crippen LogP contribution in [0, 0.1) is 0 Å². The number of aryl methyl sites for hydroxylation is 2. The van der Waals surface area contributed by atoms with E-state index in [1.54, 1.807) is 7.05 Å². The van der Waals surface area contributed by atoms with Crippen molar-refractivity contribution in [2.45, 2.75) is 13.0 Å². The molecule has 0 aliphatic rings. The highest BCUT2D eigenvalue weighted by Gasteiger charge is 2.20. The fourth-order valence-electron chi connectivity index (χ4n) is 2.95. The first-order valence-electron chi connectivity index (χ1n) is 7.62. The molecule has 25 heavy (non-hydrogen) atoms. The molecule has 0 saturated carbocycles. The zero-order valence-electron chi connectivity index (χ0n) is 13.9. The van der Waals surface area contributed by atoms with Crippen LogP contribution in [0.15, 0.2) is 44.5 Å². The van der Waals surface area contributed by atoms with Crippen molar-refractivity contribution < 1.29 is 5.11 Å². The van der Waals surface area contributed by atoms with Gasteiger partial charge in [0.1, 0.15) is 0 Å². The minimum atomic E-state index is -0.356. The molecule has 134 valence electrons. The minimum Gasteiger partial charge on any atom is -0.396 e. The topological polar surface area (TPSA) is 69.2 Å². The van der Waals surface area contributed by atoms with Crippen molar-refractivity contribution in [1.82, 2.24) is 13.7 Å². The number of benzene rings is 1. The van der Waals surface area contributed by atoms with Crippen LogP contribution >= 0.6 is 28.3 Å². The highest BCUT2D eigenvalue weighted by molar-refractivity contribution is 9.10. The Morgan fingerprint density at radius 1 is 1.12 bits per heavy atom. The van der Waals surface area contributed by atoms with Crippen LogP contribution in [0.2, 0.25) is 0 Å². The first kappa shape index (κ1) is 19.5. The molecule has 0 fully saturated rings. The van der Waals surface area contributed by atoms with E-state index >= 15 is 0 Å². The lowest BCUT2D eigenvalue weighted by Gasteiger charge is -2.11. The maximum atomic E-state index is 12.8. The summed E-state index contributed by atoms with van der Waals surface area (Å²) in [7, 11) is 3.14. The molecular weight excluding hydrogens is 410 g/mol. The summed E-state index contributed by atoms with van der Waals surface area (Å²) in [6.07, 6.45) is 2.37. The Bertz CT molecular complexity index is 1040. The van der Waals surface area contributed by atoms with Crippen molar-refractivity contribution in [3.63, 3.8) is 0 Å². The molecule has 6 nitrogen and oxygen atoms in total. The molecule has 0 aliphatic carbocycles. The van der Waals surface area contributed by atoms with Gasteiger partial charge in [0.05, 0.1) is 16.6 Å². The van der Waals surface area contributed by atoms with Gasteiger partial charge in [-0.2, -0.15) is 0 Å². The summed E-state index contributed by atoms with van der Waals surface area (Å²) in [5.74, 6) is 0. The Morgan fingerprint density at radius 3 is 2.44 bits per heavy atom. The lowest BCUT2D eigenvalue weighted by molar-refractivity contribution is 0.280. The zero-order chi connectivity index (χ0) is 17.4. The van der Waals surface area contributed by atoms with Crippen molar-refractivity contribution >= 4 is 39.2 Å². The number of hydrogen-bond donors (Lipinski definition) is 1. The Morgan fingerprint density at radius 2 is 1.80 bits per heavy atom. The lowest BCUT2D eigenvalue weighted by atomic mass is 10.1. The summed E-state index contributed by atoms with van der Waals surface area (Å²) in [6, 6.07) is 7.65. The van der Waals surface area contributed by atoms with Crippen LogP contribution in [0.4, 0.5) is 0 Å². The summed E-state index contributed by atoms with van der Waals surface area (Å²) in [6.45, 7) is 0.611. The standard InChI is InChI=1S/C17H18BrN3O3.ClH/c1-19-13-10-21(8-5-9-22)15(11-6-3-4-7-12(11)18)14(13)16(23)20(2)17(19)24;/h3-4,6-7,10,22H,5,8-9H2,1-2H3;1H. The molecule has 0 aliphatic heterocycles. The normalized spacial score (nSPS) is 10.9. The molecule has 3 rings (SSSR count). The van der Waals surface area contributed by atoms with E-state index in [0.717, 1.165) is 20.3 Å². The number of rotatable bonds is 4. The molecule has 2 aromatic heterocycles. The van der Waals surface area contributed by atoms with E-state index in [2.05, 4.69) is 15.9 Å². The maximum absolute atomic E-state index is 12.8. The smallest absolute Gasteiger partial charge is 0.330 e. The van der Waals surface area contributed by atoms with Crippen LogP contribution in [0.5, 0.6) is 0 Å². The molecule has 0 unspecified atom stereocenters. The molecule has 0 spiro atoms. The van der Waals surface area contributed by atoms with E-state index in [1.165, 1.54) is 11.6 Å². The number of nitrogens with zero attached hydrogens (tertiary/aromatic N) is 3. The molecular formula is C17H19BrClN3O3. The van der Waals surface area contributed by atoms with Crippen LogP contribution in [0.3, 0.4) is 0 Å². The number of halogens is 2. The van der Waals surface area contributed by atoms with Gasteiger partial charge in [-0.05, 0) is 12.5 Å². The van der Waals surface area contributed by atoms with E-state index in [1.807, 2.05) is 35.0 Å². The van der Waals surface area contributed by atoms with Gasteiger partial charge >= 0.3 is 5.69 Å². The zero-order valence-corrected chi connectivity index (χ0v) is 16.3. The van der Waals surface area contributed by atoms with Crippen LogP contribution in [0.1, 0.15) is 6.42 Å². The summed E-state index contributed by atoms with van der Waals surface area (Å²) in [5, 5.41) is 9.68. The third kappa shape index (κ3) is 3.19. The third-order valence-electron chi connectivity index (χ3n) is 4.20. The highest BCUT2D eigenvalue weighted by Crippen LogP contribution is 2.33. The van der Waals surface area contributed by atoms with Crippen molar-refractivity contribution in [2.24, 2.45) is 14.1 Å². The molecule has 1 N–H and O–H groups in total. The largest absolute Gasteiger partial charge is 0.396 e. The van der Waals surface area contributed by atoms with Gasteiger partial charge in [-0.3, -0.25) is 13.9 Å². The van der Waals surface area contributed by atoms with Gasteiger partial charge in [0.15, 0.2) is 0 Å². The molecule has 0 bridgehead atoms. The van der Waals surface area contributed by atoms with Crippen LogP contribution in [-0.2, 0) is 20.6 Å². The van der Waals surface area contributed by atoms with Gasteiger partial charge in [-0.25, -0.2) is 4.79 Å². The predicted octanol–water partition coefficient (Wildman–Crippen LogP) is 2.27. The molecule has 3 aromatic rings. The average molecular weight is 429 g/mol. The molecule has 0 radical (unpaired) electrons. The van der Waals surface area contributed by atoms with Gasteiger partial charge in [-0.15, -0.1) is 12.4 Å². The molecule has 1 aromatic carbocycles. The second-order valence-electron chi connectivity index (χ2n) is 5.69. The quantitative estimate of drug-likeness (QED) is 0.693. The van der Waals surface area contributed by atoms with E-state index in [4.69, 9.17) is 0 Å². The van der Waals surface area contributed by atoms with E-state index in [0.29, 0.717) is 23.9 Å². The Balaban J connectivity index is 0.00000225. The molecule has 0 atom stereocenters. The van der Waals surface area contributed by atoms with Gasteiger partial charge in [0.25, 0.3) is 5.56 Å². The fraction of sp³-hybridized carbons (Fsp3) is 0.294. The van der Waals surface area contributed by atoms with Crippen molar-refractivity contribution in [3.05, 3.63) is 55.8 Å². The molecule has 0 saturated heterocycles. The summed E-state index contributed by atoms with van der Waals surface area (Å²) >= 11 is 3.54. The Kier molecular flexibility index (Phi) is 5.92. The van der Waals surface area contributed by atoms with Gasteiger partial charge in [-0.1, -0.05) is 34.1 Å². The van der Waals surface area contributed by atoms with Gasteiger partial charge in [0, 0.05) is 43.5 Å². The Hall–Kier alpha value is -1.83. The number of fused-ring (bicyclic) bond motifs is 1.